The van der Waals surface area contributed by atoms with Crippen LogP contribution in [-0.4, -0.2) is 23.9 Å². The third-order valence-corrected chi connectivity index (χ3v) is 5.08. The van der Waals surface area contributed by atoms with Crippen molar-refractivity contribution in [2.75, 3.05) is 7.11 Å². The quantitative estimate of drug-likeness (QED) is 0.411. The van der Waals surface area contributed by atoms with Crippen molar-refractivity contribution < 1.29 is 9.53 Å². The Labute approximate surface area is 172 Å². The Hall–Kier alpha value is -3.14. The van der Waals surface area contributed by atoms with Gasteiger partial charge < -0.3 is 9.30 Å². The molecule has 3 aromatic rings. The zero-order valence-corrected chi connectivity index (χ0v) is 18.0. The van der Waals surface area contributed by atoms with Crippen molar-refractivity contribution >= 4 is 17.9 Å². The zero-order valence-electron chi connectivity index (χ0n) is 18.0. The molecular formula is C25H28N2O2. The Morgan fingerprint density at radius 1 is 1.03 bits per heavy atom. The van der Waals surface area contributed by atoms with Gasteiger partial charge in [0.15, 0.2) is 0 Å². The molecule has 29 heavy (non-hydrogen) atoms. The van der Waals surface area contributed by atoms with Gasteiger partial charge in [0.25, 0.3) is 0 Å². The van der Waals surface area contributed by atoms with Crippen LogP contribution in [0.5, 0.6) is 0 Å². The summed E-state index contributed by atoms with van der Waals surface area (Å²) in [6, 6.07) is 18.0. The number of methoxy groups -OCH3 is 1. The molecule has 0 aliphatic heterocycles. The highest BCUT2D eigenvalue weighted by atomic mass is 16.5. The van der Waals surface area contributed by atoms with E-state index in [1.54, 1.807) is 18.2 Å². The normalized spacial score (nSPS) is 11.8. The first-order chi connectivity index (χ1) is 13.7. The monoisotopic (exact) mass is 388 g/mol. The van der Waals surface area contributed by atoms with Gasteiger partial charge in [0.05, 0.1) is 18.4 Å². The van der Waals surface area contributed by atoms with Gasteiger partial charge in [-0.25, -0.2) is 4.79 Å². The van der Waals surface area contributed by atoms with Crippen molar-refractivity contribution in [1.82, 2.24) is 4.57 Å². The number of esters is 1. The second-order valence-corrected chi connectivity index (χ2v) is 8.26. The summed E-state index contributed by atoms with van der Waals surface area (Å²) in [6.45, 7) is 10.9. The van der Waals surface area contributed by atoms with E-state index in [2.05, 4.69) is 74.5 Å². The molecule has 0 radical (unpaired) electrons. The summed E-state index contributed by atoms with van der Waals surface area (Å²) in [4.78, 5) is 16.3. The molecule has 4 heteroatoms. The number of hydrogen-bond donors (Lipinski definition) is 0. The molecule has 2 aromatic carbocycles. The first-order valence-corrected chi connectivity index (χ1v) is 9.73. The van der Waals surface area contributed by atoms with Gasteiger partial charge in [-0.05, 0) is 61.2 Å². The van der Waals surface area contributed by atoms with Crippen LogP contribution < -0.4 is 0 Å². The van der Waals surface area contributed by atoms with Crippen molar-refractivity contribution in [2.45, 2.75) is 40.0 Å². The van der Waals surface area contributed by atoms with Crippen molar-refractivity contribution in [3.63, 3.8) is 0 Å². The Kier molecular flexibility index (Phi) is 5.73. The second kappa shape index (κ2) is 8.08. The van der Waals surface area contributed by atoms with Crippen molar-refractivity contribution in [3.05, 3.63) is 82.7 Å². The number of aliphatic imine (C=N–C) groups is 1. The van der Waals surface area contributed by atoms with Crippen LogP contribution >= 0.6 is 0 Å². The van der Waals surface area contributed by atoms with Crippen LogP contribution in [0, 0.1) is 13.8 Å². The molecule has 0 bridgehead atoms. The van der Waals surface area contributed by atoms with Gasteiger partial charge in [0, 0.05) is 28.9 Å². The highest BCUT2D eigenvalue weighted by Gasteiger charge is 2.14. The fourth-order valence-corrected chi connectivity index (χ4v) is 3.40. The first-order valence-electron chi connectivity index (χ1n) is 9.73. The van der Waals surface area contributed by atoms with Gasteiger partial charge >= 0.3 is 5.97 Å². The van der Waals surface area contributed by atoms with Gasteiger partial charge in [-0.2, -0.15) is 0 Å². The molecule has 3 rings (SSSR count). The highest BCUT2D eigenvalue weighted by Crippen LogP contribution is 2.26. The standard InChI is InChI=1S/C25H28N2O2/c1-17-14-20(16-26-22-9-7-8-19(15-22)24(28)29-6)18(2)27(17)23-12-10-21(11-13-23)25(3,4)5/h7-16H,1-6H3. The topological polar surface area (TPSA) is 43.6 Å². The Morgan fingerprint density at radius 2 is 1.72 bits per heavy atom. The van der Waals surface area contributed by atoms with Crippen molar-refractivity contribution in [2.24, 2.45) is 4.99 Å². The van der Waals surface area contributed by atoms with E-state index in [1.165, 1.54) is 12.7 Å². The molecule has 0 aliphatic rings. The first kappa shape index (κ1) is 20.6. The largest absolute Gasteiger partial charge is 0.465 e. The number of benzene rings is 2. The number of ether oxygens (including phenoxy) is 1. The van der Waals surface area contributed by atoms with Crippen molar-refractivity contribution in [3.8, 4) is 5.69 Å². The molecule has 0 atom stereocenters. The van der Waals surface area contributed by atoms with Gasteiger partial charge in [0.2, 0.25) is 0 Å². The van der Waals surface area contributed by atoms with E-state index >= 15 is 0 Å². The van der Waals surface area contributed by atoms with Crippen molar-refractivity contribution in [1.29, 1.82) is 0 Å². The summed E-state index contributed by atoms with van der Waals surface area (Å²) in [5.74, 6) is -0.362. The van der Waals surface area contributed by atoms with Crippen LogP contribution in [0.3, 0.4) is 0 Å². The summed E-state index contributed by atoms with van der Waals surface area (Å²) in [5, 5.41) is 0. The van der Waals surface area contributed by atoms with E-state index in [-0.39, 0.29) is 11.4 Å². The fraction of sp³-hybridized carbons (Fsp3) is 0.280. The molecule has 4 nitrogen and oxygen atoms in total. The number of aromatic nitrogens is 1. The summed E-state index contributed by atoms with van der Waals surface area (Å²) >= 11 is 0. The van der Waals surface area contributed by atoms with Gasteiger partial charge in [0.1, 0.15) is 0 Å². The number of carbonyl (C=O) groups is 1. The smallest absolute Gasteiger partial charge is 0.337 e. The SMILES string of the molecule is COC(=O)c1cccc(N=Cc2cc(C)n(-c3ccc(C(C)(C)C)cc3)c2C)c1. The molecule has 150 valence electrons. The third-order valence-electron chi connectivity index (χ3n) is 5.08. The maximum atomic E-state index is 11.7. The summed E-state index contributed by atoms with van der Waals surface area (Å²) in [7, 11) is 1.38. The van der Waals surface area contributed by atoms with Crippen LogP contribution in [0.4, 0.5) is 5.69 Å². The van der Waals surface area contributed by atoms with Crippen LogP contribution in [0.25, 0.3) is 5.69 Å². The Bertz CT molecular complexity index is 1050. The second-order valence-electron chi connectivity index (χ2n) is 8.26. The van der Waals surface area contributed by atoms with E-state index in [0.717, 1.165) is 22.6 Å². The lowest BCUT2D eigenvalue weighted by atomic mass is 9.87. The maximum absolute atomic E-state index is 11.7. The fourth-order valence-electron chi connectivity index (χ4n) is 3.40. The molecule has 0 aliphatic carbocycles. The van der Waals surface area contributed by atoms with Crippen LogP contribution in [0.1, 0.15) is 53.6 Å². The number of rotatable bonds is 4. The molecular weight excluding hydrogens is 360 g/mol. The maximum Gasteiger partial charge on any atom is 0.337 e. The Balaban J connectivity index is 1.90. The summed E-state index contributed by atoms with van der Waals surface area (Å²) in [5.41, 5.74) is 7.12. The number of aryl methyl sites for hydroxylation is 1. The predicted octanol–water partition coefficient (Wildman–Crippen LogP) is 5.93. The number of nitrogens with zero attached hydrogens (tertiary/aromatic N) is 2. The molecule has 0 saturated carbocycles. The van der Waals surface area contributed by atoms with Crippen LogP contribution in [-0.2, 0) is 10.2 Å². The van der Waals surface area contributed by atoms with Gasteiger partial charge in [-0.15, -0.1) is 0 Å². The minimum atomic E-state index is -0.362. The van der Waals surface area contributed by atoms with Crippen LogP contribution in [0.2, 0.25) is 0 Å². The lowest BCUT2D eigenvalue weighted by Gasteiger charge is -2.20. The molecule has 0 N–H and O–H groups in total. The average Bonchev–Trinajstić information content (AvgIpc) is 2.98. The molecule has 1 heterocycles. The van der Waals surface area contributed by atoms with Gasteiger partial charge in [-0.3, -0.25) is 4.99 Å². The van der Waals surface area contributed by atoms with E-state index in [0.29, 0.717) is 11.3 Å². The molecule has 0 saturated heterocycles. The van der Waals surface area contributed by atoms with E-state index in [4.69, 9.17) is 4.74 Å². The predicted molar refractivity (Wildman–Crippen MR) is 119 cm³/mol. The summed E-state index contributed by atoms with van der Waals surface area (Å²) < 4.78 is 7.01. The average molecular weight is 389 g/mol. The minimum absolute atomic E-state index is 0.135. The molecule has 0 unspecified atom stereocenters. The van der Waals surface area contributed by atoms with E-state index in [9.17, 15) is 4.79 Å². The van der Waals surface area contributed by atoms with E-state index in [1.807, 2.05) is 12.3 Å². The third kappa shape index (κ3) is 4.48. The lowest BCUT2D eigenvalue weighted by molar-refractivity contribution is 0.0601. The van der Waals surface area contributed by atoms with Gasteiger partial charge in [-0.1, -0.05) is 39.0 Å². The summed E-state index contributed by atoms with van der Waals surface area (Å²) in [6.07, 6.45) is 1.85. The lowest BCUT2D eigenvalue weighted by Crippen LogP contribution is -2.11. The Morgan fingerprint density at radius 3 is 2.34 bits per heavy atom. The minimum Gasteiger partial charge on any atom is -0.465 e. The molecule has 1 aromatic heterocycles. The van der Waals surface area contributed by atoms with E-state index < -0.39 is 0 Å². The van der Waals surface area contributed by atoms with Crippen LogP contribution in [0.15, 0.2) is 59.6 Å². The zero-order chi connectivity index (χ0) is 21.2. The molecule has 0 amide bonds. The molecule has 0 spiro atoms. The number of carbonyl (C=O) groups excluding carboxylic acids is 1. The molecule has 0 fully saturated rings. The number of hydrogen-bond acceptors (Lipinski definition) is 3. The highest BCUT2D eigenvalue weighted by molar-refractivity contribution is 5.91.